The van der Waals surface area contributed by atoms with Gasteiger partial charge in [0.1, 0.15) is 17.7 Å². The zero-order chi connectivity index (χ0) is 33.3. The van der Waals surface area contributed by atoms with Gasteiger partial charge in [-0.3, -0.25) is 9.59 Å². The van der Waals surface area contributed by atoms with Crippen LogP contribution in [0, 0.1) is 46.8 Å². The van der Waals surface area contributed by atoms with Crippen LogP contribution in [0.1, 0.15) is 84.6 Å². The maximum Gasteiger partial charge on any atom is 0.326 e. The van der Waals surface area contributed by atoms with Crippen molar-refractivity contribution in [1.82, 2.24) is 10.6 Å². The molecule has 8 atom stereocenters. The van der Waals surface area contributed by atoms with E-state index in [4.69, 9.17) is 11.3 Å². The van der Waals surface area contributed by atoms with Gasteiger partial charge in [0.25, 0.3) is 5.91 Å². The summed E-state index contributed by atoms with van der Waals surface area (Å²) in [4.78, 5) is 43.2. The molecule has 0 aliphatic heterocycles. The number of hydrogen-bond acceptors (Lipinski definition) is 6. The van der Waals surface area contributed by atoms with E-state index >= 15 is 0 Å². The van der Waals surface area contributed by atoms with Crippen LogP contribution in [0.15, 0.2) is 47.1 Å². The fraction of sp³-hybridized carbons (Fsp3) is 0.622. The van der Waals surface area contributed by atoms with Gasteiger partial charge in [-0.2, -0.15) is 0 Å². The van der Waals surface area contributed by atoms with Crippen LogP contribution in [0.3, 0.4) is 0 Å². The second-order valence-electron chi connectivity index (χ2n) is 14.7. The monoisotopic (exact) mass is 631 g/mol. The highest BCUT2D eigenvalue weighted by Crippen LogP contribution is 2.67. The van der Waals surface area contributed by atoms with Crippen LogP contribution in [-0.2, 0) is 25.6 Å². The molecule has 0 unspecified atom stereocenters. The van der Waals surface area contributed by atoms with Crippen molar-refractivity contribution in [1.29, 1.82) is 0 Å². The first-order valence-electron chi connectivity index (χ1n) is 16.8. The molecule has 46 heavy (non-hydrogen) atoms. The molecule has 1 aromatic rings. The molecule has 3 saturated carbocycles. The van der Waals surface area contributed by atoms with Gasteiger partial charge in [-0.1, -0.05) is 74.7 Å². The van der Waals surface area contributed by atoms with E-state index < -0.39 is 35.5 Å². The summed E-state index contributed by atoms with van der Waals surface area (Å²) < 4.78 is 0. The fourth-order valence-corrected chi connectivity index (χ4v) is 9.13. The van der Waals surface area contributed by atoms with Crippen LogP contribution in [0.2, 0.25) is 0 Å². The van der Waals surface area contributed by atoms with Gasteiger partial charge in [-0.25, -0.2) is 4.79 Å². The summed E-state index contributed by atoms with van der Waals surface area (Å²) >= 11 is 0. The average Bonchev–Trinajstić information content (AvgIpc) is 3.30. The van der Waals surface area contributed by atoms with Gasteiger partial charge in [0.2, 0.25) is 5.91 Å². The number of carbonyl (C=O) groups excluding carboxylic acids is 2. The molecule has 5 rings (SSSR count). The van der Waals surface area contributed by atoms with Crippen molar-refractivity contribution in [3.8, 4) is 12.3 Å². The lowest BCUT2D eigenvalue weighted by molar-refractivity contribution is -0.142. The van der Waals surface area contributed by atoms with Crippen LogP contribution in [0.25, 0.3) is 0 Å². The Morgan fingerprint density at radius 1 is 1.04 bits per heavy atom. The summed E-state index contributed by atoms with van der Waals surface area (Å²) in [7, 11) is 0. The van der Waals surface area contributed by atoms with Gasteiger partial charge in [0.15, 0.2) is 6.61 Å². The van der Waals surface area contributed by atoms with Crippen molar-refractivity contribution >= 4 is 23.5 Å². The van der Waals surface area contributed by atoms with E-state index in [2.05, 4.69) is 41.6 Å². The summed E-state index contributed by atoms with van der Waals surface area (Å²) in [5.41, 5.74) is 1.84. The van der Waals surface area contributed by atoms with E-state index in [9.17, 15) is 24.6 Å². The smallest absolute Gasteiger partial charge is 0.326 e. The van der Waals surface area contributed by atoms with Crippen molar-refractivity contribution in [2.75, 3.05) is 6.61 Å². The van der Waals surface area contributed by atoms with Gasteiger partial charge in [-0.05, 0) is 92.1 Å². The number of allylic oxidation sites excluding steroid dienone is 2. The minimum Gasteiger partial charge on any atom is -0.480 e. The van der Waals surface area contributed by atoms with Crippen LogP contribution in [0.4, 0.5) is 0 Å². The first-order valence-corrected chi connectivity index (χ1v) is 16.8. The summed E-state index contributed by atoms with van der Waals surface area (Å²) in [5.74, 6) is 1.81. The highest BCUT2D eigenvalue weighted by molar-refractivity contribution is 5.96. The number of carboxylic acids is 1. The summed E-state index contributed by atoms with van der Waals surface area (Å²) in [6, 6.07) is 7.02. The molecular weight excluding hydrogens is 582 g/mol. The molecule has 9 nitrogen and oxygen atoms in total. The average molecular weight is 632 g/mol. The maximum absolute atomic E-state index is 13.1. The van der Waals surface area contributed by atoms with Gasteiger partial charge in [0.05, 0.1) is 5.71 Å². The Morgan fingerprint density at radius 2 is 1.76 bits per heavy atom. The third-order valence-electron chi connectivity index (χ3n) is 11.9. The Balaban J connectivity index is 1.16. The number of fused-ring (bicyclic) bond motifs is 5. The van der Waals surface area contributed by atoms with Gasteiger partial charge >= 0.3 is 5.97 Å². The van der Waals surface area contributed by atoms with Crippen LogP contribution in [0.5, 0.6) is 0 Å². The molecule has 0 heterocycles. The highest BCUT2D eigenvalue weighted by atomic mass is 16.6. The van der Waals surface area contributed by atoms with Gasteiger partial charge in [0, 0.05) is 11.8 Å². The molecule has 0 spiro atoms. The predicted molar refractivity (Wildman–Crippen MR) is 175 cm³/mol. The molecule has 1 aromatic carbocycles. The molecule has 2 amide bonds. The van der Waals surface area contributed by atoms with Crippen molar-refractivity contribution in [2.45, 2.75) is 103 Å². The number of oxime groups is 1. The normalized spacial score (nSPS) is 33.8. The molecule has 0 radical (unpaired) electrons. The van der Waals surface area contributed by atoms with E-state index in [1.54, 1.807) is 26.0 Å². The summed E-state index contributed by atoms with van der Waals surface area (Å²) in [6.45, 7) is 7.82. The first-order chi connectivity index (χ1) is 21.8. The zero-order valence-electron chi connectivity index (χ0n) is 27.6. The number of carboxylic acid groups (broad SMARTS) is 1. The molecule has 3 fully saturated rings. The van der Waals surface area contributed by atoms with Crippen LogP contribution in [-0.4, -0.2) is 58.0 Å². The Hall–Kier alpha value is -3.64. The molecule has 4 aliphatic carbocycles. The fourth-order valence-electron chi connectivity index (χ4n) is 9.13. The Labute approximate surface area is 272 Å². The number of terminal acetylenes is 1. The lowest BCUT2D eigenvalue weighted by atomic mass is 9.46. The standard InChI is InChI=1S/C37H49N3O6/c1-6-37(45)19-16-29-27-13-12-25-21-26(14-17-35(25,4)28(27)15-18-36(29,37)5)40-46-22-31(41)39-32(23(2)3)33(42)38-30(34(43)44)20-24-10-8-7-9-11-24/h1,7-11,21,23,27-30,32,45H,12-20,22H2,2-5H3,(H,38,42)(H,39,41)(H,43,44)/t27-,28+,29-,30-,32+,35-,36-,37-/m1/s1. The Morgan fingerprint density at radius 3 is 2.43 bits per heavy atom. The highest BCUT2D eigenvalue weighted by Gasteiger charge is 2.63. The number of rotatable bonds is 10. The molecule has 0 saturated heterocycles. The number of amides is 2. The molecular formula is C37H49N3O6. The third kappa shape index (κ3) is 6.33. The molecule has 4 N–H and O–H groups in total. The second-order valence-corrected chi connectivity index (χ2v) is 14.7. The van der Waals surface area contributed by atoms with E-state index in [0.29, 0.717) is 24.2 Å². The topological polar surface area (TPSA) is 137 Å². The van der Waals surface area contributed by atoms with E-state index in [1.165, 1.54) is 5.57 Å². The molecule has 0 bridgehead atoms. The van der Waals surface area contributed by atoms with Gasteiger partial charge in [-0.15, -0.1) is 6.42 Å². The first kappa shape index (κ1) is 33.7. The van der Waals surface area contributed by atoms with Crippen LogP contribution < -0.4 is 10.6 Å². The lowest BCUT2D eigenvalue weighted by Gasteiger charge is -2.58. The van der Waals surface area contributed by atoms with E-state index in [0.717, 1.165) is 56.2 Å². The minimum absolute atomic E-state index is 0.0731. The van der Waals surface area contributed by atoms with Crippen molar-refractivity contribution in [3.05, 3.63) is 47.5 Å². The quantitative estimate of drug-likeness (QED) is 0.219. The predicted octanol–water partition coefficient (Wildman–Crippen LogP) is 4.64. The lowest BCUT2D eigenvalue weighted by Crippen LogP contribution is -2.54. The Bertz CT molecular complexity index is 1430. The summed E-state index contributed by atoms with van der Waals surface area (Å²) in [5, 5.41) is 30.5. The maximum atomic E-state index is 13.1. The number of hydrogen-bond donors (Lipinski definition) is 4. The second kappa shape index (κ2) is 13.2. The SMILES string of the molecule is C#C[C@@]1(O)CC[C@@H]2[C@@H]3CCC4=CC(=NOCC(=O)N[C@H](C(=O)N[C@H](Cc5ccccc5)C(=O)O)C(C)C)CC[C@@]4(C)[C@H]3CC[C@]21C. The number of nitrogens with one attached hydrogen (secondary N) is 2. The van der Waals surface area contributed by atoms with Gasteiger partial charge < -0.3 is 25.7 Å². The Kier molecular flexibility index (Phi) is 9.70. The van der Waals surface area contributed by atoms with Crippen molar-refractivity contribution in [3.63, 3.8) is 0 Å². The minimum atomic E-state index is -1.15. The van der Waals surface area contributed by atoms with Crippen molar-refractivity contribution in [2.24, 2.45) is 39.7 Å². The van der Waals surface area contributed by atoms with E-state index in [1.807, 2.05) is 18.2 Å². The third-order valence-corrected chi connectivity index (χ3v) is 11.9. The molecule has 248 valence electrons. The molecule has 9 heteroatoms. The summed E-state index contributed by atoms with van der Waals surface area (Å²) in [6.07, 6.45) is 15.6. The number of aliphatic hydroxyl groups is 1. The van der Waals surface area contributed by atoms with Crippen LogP contribution >= 0.6 is 0 Å². The number of aliphatic carboxylic acids is 1. The number of benzene rings is 1. The van der Waals surface area contributed by atoms with Crippen molar-refractivity contribution < 1.29 is 29.4 Å². The number of carbonyl (C=O) groups is 3. The zero-order valence-corrected chi connectivity index (χ0v) is 27.6. The largest absolute Gasteiger partial charge is 0.480 e. The molecule has 0 aromatic heterocycles. The number of nitrogens with zero attached hydrogens (tertiary/aromatic N) is 1. The van der Waals surface area contributed by atoms with E-state index in [-0.39, 0.29) is 29.8 Å². The molecule has 4 aliphatic rings.